The molecule has 2 unspecified atom stereocenters. The van der Waals surface area contributed by atoms with Crippen LogP contribution in [0.2, 0.25) is 0 Å². The number of hydrogen-bond donors (Lipinski definition) is 1. The van der Waals surface area contributed by atoms with Gasteiger partial charge in [-0.3, -0.25) is 19.2 Å². The monoisotopic (exact) mass is 680 g/mol. The van der Waals surface area contributed by atoms with Crippen LogP contribution in [-0.4, -0.2) is 70.3 Å². The smallest absolute Gasteiger partial charge is 0.306 e. The van der Waals surface area contributed by atoms with E-state index >= 15 is 0 Å². The standard InChI is InChI=1S/C33H48N2O13/c1-31-15-13-23(36)19-22(31)11-12-24-25-14-16-33(32(25,2)20-26(37)30(24)31,48-29(40)10-6-4-8-18-47-35(43)44)27(38)21-45-28(39)9-5-3-7-17-46-34(41)42/h11,24-26,30,37H,3-10,12-21H2,1-2H3/t24?,25?,26-,30+,31-,32-,33-/m0/s1. The van der Waals surface area contributed by atoms with Gasteiger partial charge in [0.2, 0.25) is 5.78 Å². The number of Topliss-reactive ketones (excluding diaryl/α,β-unsaturated/α-hetero) is 2. The predicted octanol–water partition coefficient (Wildman–Crippen LogP) is 4.42. The van der Waals surface area contributed by atoms with Crippen LogP contribution in [0.15, 0.2) is 11.6 Å². The zero-order chi connectivity index (χ0) is 35.1. The van der Waals surface area contributed by atoms with Gasteiger partial charge < -0.3 is 24.3 Å². The fraction of sp³-hybridized carbons (Fsp3) is 0.818. The Morgan fingerprint density at radius 2 is 1.56 bits per heavy atom. The number of carbonyl (C=O) groups excluding carboxylic acids is 4. The van der Waals surface area contributed by atoms with E-state index in [1.165, 1.54) is 0 Å². The average Bonchev–Trinajstić information content (AvgIpc) is 3.31. The molecule has 4 aliphatic rings. The second kappa shape index (κ2) is 15.7. The molecule has 0 aliphatic heterocycles. The Kier molecular flexibility index (Phi) is 12.2. The molecule has 0 bridgehead atoms. The van der Waals surface area contributed by atoms with Crippen LogP contribution in [0.3, 0.4) is 0 Å². The Labute approximate surface area is 279 Å². The van der Waals surface area contributed by atoms with E-state index in [0.717, 1.165) is 5.57 Å². The average molecular weight is 681 g/mol. The van der Waals surface area contributed by atoms with Gasteiger partial charge in [-0.05, 0) is 81.0 Å². The number of nitrogens with zero attached hydrogens (tertiary/aromatic N) is 2. The number of esters is 2. The molecule has 15 heteroatoms. The molecule has 0 amide bonds. The Morgan fingerprint density at radius 1 is 0.938 bits per heavy atom. The molecule has 4 aliphatic carbocycles. The van der Waals surface area contributed by atoms with Gasteiger partial charge in [-0.25, -0.2) is 0 Å². The van der Waals surface area contributed by atoms with Crippen molar-refractivity contribution in [2.45, 2.75) is 122 Å². The highest BCUT2D eigenvalue weighted by molar-refractivity contribution is 5.93. The Hall–Kier alpha value is -3.62. The van der Waals surface area contributed by atoms with Crippen molar-refractivity contribution in [3.05, 3.63) is 31.9 Å². The van der Waals surface area contributed by atoms with Crippen molar-refractivity contribution in [3.8, 4) is 0 Å². The minimum atomic E-state index is -1.64. The number of aliphatic hydroxyl groups is 1. The Morgan fingerprint density at radius 3 is 2.19 bits per heavy atom. The summed E-state index contributed by atoms with van der Waals surface area (Å²) < 4.78 is 11.5. The molecule has 1 N–H and O–H groups in total. The number of rotatable bonds is 18. The molecule has 0 spiro atoms. The van der Waals surface area contributed by atoms with Crippen LogP contribution < -0.4 is 0 Å². The Bertz CT molecular complexity index is 1290. The summed E-state index contributed by atoms with van der Waals surface area (Å²) in [5.74, 6) is -1.76. The number of fused-ring (bicyclic) bond motifs is 5. The fourth-order valence-corrected chi connectivity index (χ4v) is 9.23. The molecule has 268 valence electrons. The van der Waals surface area contributed by atoms with E-state index in [1.807, 2.05) is 6.92 Å². The van der Waals surface area contributed by atoms with Crippen molar-refractivity contribution in [3.63, 3.8) is 0 Å². The summed E-state index contributed by atoms with van der Waals surface area (Å²) in [6.07, 6.45) is 6.89. The molecule has 0 saturated heterocycles. The maximum Gasteiger partial charge on any atom is 0.306 e. The van der Waals surface area contributed by atoms with Gasteiger partial charge in [0.15, 0.2) is 12.2 Å². The summed E-state index contributed by atoms with van der Waals surface area (Å²) >= 11 is 0. The minimum Gasteiger partial charge on any atom is -0.457 e. The van der Waals surface area contributed by atoms with E-state index in [1.54, 1.807) is 0 Å². The third-order valence-electron chi connectivity index (χ3n) is 11.5. The number of hydrogen-bond acceptors (Lipinski definition) is 13. The quantitative estimate of drug-likeness (QED) is 0.0699. The number of unbranched alkanes of at least 4 members (excludes halogenated alkanes) is 4. The fourth-order valence-electron chi connectivity index (χ4n) is 9.23. The third-order valence-corrected chi connectivity index (χ3v) is 11.5. The minimum absolute atomic E-state index is 0.00230. The van der Waals surface area contributed by atoms with Gasteiger partial charge in [-0.2, -0.15) is 0 Å². The van der Waals surface area contributed by atoms with Crippen LogP contribution in [-0.2, 0) is 38.3 Å². The van der Waals surface area contributed by atoms with Gasteiger partial charge in [0, 0.05) is 31.1 Å². The number of ether oxygens (including phenoxy) is 2. The molecule has 0 aromatic heterocycles. The third kappa shape index (κ3) is 7.98. The lowest BCUT2D eigenvalue weighted by Crippen LogP contribution is -2.63. The number of allylic oxidation sites excluding steroid dienone is 2. The second-order valence-corrected chi connectivity index (χ2v) is 14.2. The first-order valence-electron chi connectivity index (χ1n) is 17.1. The zero-order valence-electron chi connectivity index (χ0n) is 27.9. The lowest BCUT2D eigenvalue weighted by atomic mass is 9.46. The van der Waals surface area contributed by atoms with Gasteiger partial charge in [0.1, 0.15) is 5.78 Å². The highest BCUT2D eigenvalue weighted by Gasteiger charge is 2.70. The highest BCUT2D eigenvalue weighted by atomic mass is 17.0. The van der Waals surface area contributed by atoms with E-state index in [9.17, 15) is 44.5 Å². The molecular weight excluding hydrogens is 632 g/mol. The number of carbonyl (C=O) groups is 4. The summed E-state index contributed by atoms with van der Waals surface area (Å²) in [5, 5.41) is 30.8. The van der Waals surface area contributed by atoms with Gasteiger partial charge in [-0.15, -0.1) is 20.2 Å². The maximum atomic E-state index is 14.2. The van der Waals surface area contributed by atoms with Gasteiger partial charge in [0.25, 0.3) is 10.2 Å². The molecule has 48 heavy (non-hydrogen) atoms. The topological polar surface area (TPSA) is 212 Å². The second-order valence-electron chi connectivity index (χ2n) is 14.2. The van der Waals surface area contributed by atoms with Gasteiger partial charge >= 0.3 is 11.9 Å². The molecule has 7 atom stereocenters. The molecule has 0 aromatic carbocycles. The summed E-state index contributed by atoms with van der Waals surface area (Å²) in [6.45, 7) is 3.25. The lowest BCUT2D eigenvalue weighted by Gasteiger charge is -2.60. The van der Waals surface area contributed by atoms with Crippen LogP contribution in [0.25, 0.3) is 0 Å². The van der Waals surface area contributed by atoms with E-state index in [4.69, 9.17) is 9.47 Å². The Balaban J connectivity index is 1.48. The number of aliphatic hydroxyl groups excluding tert-OH is 1. The maximum absolute atomic E-state index is 14.2. The van der Waals surface area contributed by atoms with Crippen LogP contribution in [0.5, 0.6) is 0 Å². The van der Waals surface area contributed by atoms with Crippen molar-refractivity contribution < 1.29 is 53.6 Å². The largest absolute Gasteiger partial charge is 0.457 e. The molecular formula is C33H48N2O13. The first-order chi connectivity index (χ1) is 22.7. The zero-order valence-corrected chi connectivity index (χ0v) is 27.9. The molecule has 4 rings (SSSR count). The highest BCUT2D eigenvalue weighted by Crippen LogP contribution is 2.68. The van der Waals surface area contributed by atoms with Crippen molar-refractivity contribution in [1.82, 2.24) is 0 Å². The van der Waals surface area contributed by atoms with Crippen LogP contribution in [0.1, 0.15) is 110 Å². The number of ketones is 2. The predicted molar refractivity (Wildman–Crippen MR) is 166 cm³/mol. The van der Waals surface area contributed by atoms with Crippen molar-refractivity contribution in [2.24, 2.45) is 28.6 Å². The van der Waals surface area contributed by atoms with Crippen LogP contribution in [0, 0.1) is 48.8 Å². The van der Waals surface area contributed by atoms with Gasteiger partial charge in [0.05, 0.1) is 19.3 Å². The van der Waals surface area contributed by atoms with E-state index in [-0.39, 0.29) is 67.8 Å². The van der Waals surface area contributed by atoms with Crippen molar-refractivity contribution in [2.75, 3.05) is 19.8 Å². The lowest BCUT2D eigenvalue weighted by molar-refractivity contribution is -0.757. The van der Waals surface area contributed by atoms with E-state index in [0.29, 0.717) is 70.6 Å². The normalized spacial score (nSPS) is 32.1. The summed E-state index contributed by atoms with van der Waals surface area (Å²) in [6, 6.07) is 0. The van der Waals surface area contributed by atoms with Crippen molar-refractivity contribution >= 4 is 23.5 Å². The SMILES string of the molecule is C[C@]12CCC(=O)CC1=CCC1C3CC[C@](OC(=O)CCCCCO[N+](=O)[O-])(C(=O)COC(=O)CCCCCO[N+](=O)[O-])[C@@]3(C)C[C@H](O)[C@@H]12. The first kappa shape index (κ1) is 37.2. The van der Waals surface area contributed by atoms with Gasteiger partial charge in [-0.1, -0.05) is 38.3 Å². The van der Waals surface area contributed by atoms with Crippen LogP contribution >= 0.6 is 0 Å². The first-order valence-corrected chi connectivity index (χ1v) is 17.1. The summed E-state index contributed by atoms with van der Waals surface area (Å²) in [7, 11) is 0. The molecule has 0 heterocycles. The molecule has 3 fully saturated rings. The van der Waals surface area contributed by atoms with E-state index in [2.05, 4.69) is 22.7 Å². The molecule has 0 aromatic rings. The van der Waals surface area contributed by atoms with E-state index < -0.39 is 51.6 Å². The summed E-state index contributed by atoms with van der Waals surface area (Å²) in [4.78, 5) is 81.6. The van der Waals surface area contributed by atoms with Crippen LogP contribution in [0.4, 0.5) is 0 Å². The molecule has 0 radical (unpaired) electrons. The summed E-state index contributed by atoms with van der Waals surface area (Å²) in [5.41, 5.74) is -1.85. The molecule has 15 nitrogen and oxygen atoms in total. The molecule has 3 saturated carbocycles. The van der Waals surface area contributed by atoms with Crippen molar-refractivity contribution in [1.29, 1.82) is 0 Å².